The van der Waals surface area contributed by atoms with Gasteiger partial charge in [0.1, 0.15) is 11.5 Å². The highest BCUT2D eigenvalue weighted by Gasteiger charge is 2.36. The maximum Gasteiger partial charge on any atom is 0.336 e. The van der Waals surface area contributed by atoms with Gasteiger partial charge in [0.2, 0.25) is 34.8 Å². The zero-order valence-corrected chi connectivity index (χ0v) is 21.7. The molecule has 0 atom stereocenters. The number of benzene rings is 4. The molecular formula is C28H10F8O10. The number of carboxylic acids is 4. The fourth-order valence-electron chi connectivity index (χ4n) is 3.98. The van der Waals surface area contributed by atoms with Gasteiger partial charge in [0.15, 0.2) is 23.3 Å². The van der Waals surface area contributed by atoms with Crippen molar-refractivity contribution in [2.45, 2.75) is 0 Å². The van der Waals surface area contributed by atoms with Gasteiger partial charge in [-0.2, -0.15) is 17.6 Å². The van der Waals surface area contributed by atoms with Crippen molar-refractivity contribution in [1.29, 1.82) is 0 Å². The minimum atomic E-state index is -2.66. The Hall–Kier alpha value is -6.20. The van der Waals surface area contributed by atoms with E-state index in [4.69, 9.17) is 20.4 Å². The lowest BCUT2D eigenvalue weighted by molar-refractivity contribution is 0.0651. The number of rotatable bonds is 9. The standard InChI is InChI=1S/C28H10F8O10/c29-15-13(16(30)20(34)23(19(15)33)45-7-1-3-9(25(37)38)11(5-7)27(41)42)14-17(31)21(35)24(22(36)18(14)32)46-8-2-4-10(26(39)40)12(6-8)28(43)44/h1-6H,(H,37,38)(H,39,40)(H,41,42)(H,43,44). The molecule has 0 fully saturated rings. The first kappa shape index (κ1) is 32.7. The first-order chi connectivity index (χ1) is 21.5. The molecule has 0 aliphatic heterocycles. The van der Waals surface area contributed by atoms with Crippen LogP contribution in [0, 0.1) is 46.5 Å². The molecule has 0 amide bonds. The van der Waals surface area contributed by atoms with Crippen LogP contribution in [-0.2, 0) is 0 Å². The molecule has 4 N–H and O–H groups in total. The molecule has 0 saturated carbocycles. The highest BCUT2D eigenvalue weighted by molar-refractivity contribution is 6.02. The minimum absolute atomic E-state index is 0.409. The van der Waals surface area contributed by atoms with Crippen LogP contribution >= 0.6 is 0 Å². The van der Waals surface area contributed by atoms with Crippen LogP contribution in [0.1, 0.15) is 41.4 Å². The number of halogens is 8. The second-order valence-electron chi connectivity index (χ2n) is 8.76. The van der Waals surface area contributed by atoms with Gasteiger partial charge in [-0.1, -0.05) is 0 Å². The lowest BCUT2D eigenvalue weighted by atomic mass is 10.0. The zero-order chi connectivity index (χ0) is 34.4. The highest BCUT2D eigenvalue weighted by atomic mass is 19.2. The molecule has 0 aliphatic carbocycles. The van der Waals surface area contributed by atoms with Gasteiger partial charge < -0.3 is 29.9 Å². The molecule has 4 aromatic rings. The Morgan fingerprint density at radius 1 is 0.413 bits per heavy atom. The molecule has 0 bridgehead atoms. The van der Waals surface area contributed by atoms with Crippen molar-refractivity contribution in [2.75, 3.05) is 0 Å². The van der Waals surface area contributed by atoms with Crippen LogP contribution in [0.25, 0.3) is 11.1 Å². The van der Waals surface area contributed by atoms with E-state index in [9.17, 15) is 36.7 Å². The van der Waals surface area contributed by atoms with Crippen LogP contribution in [0.2, 0.25) is 0 Å². The van der Waals surface area contributed by atoms with Crippen molar-refractivity contribution in [2.24, 2.45) is 0 Å². The third kappa shape index (κ3) is 5.58. The van der Waals surface area contributed by atoms with Crippen molar-refractivity contribution in [1.82, 2.24) is 0 Å². The molecule has 0 spiro atoms. The van der Waals surface area contributed by atoms with Crippen LogP contribution in [-0.4, -0.2) is 44.3 Å². The smallest absolute Gasteiger partial charge is 0.336 e. The summed E-state index contributed by atoms with van der Waals surface area (Å²) in [6, 6.07) is 3.28. The topological polar surface area (TPSA) is 168 Å². The monoisotopic (exact) mass is 658 g/mol. The van der Waals surface area contributed by atoms with Crippen LogP contribution in [0.3, 0.4) is 0 Å². The van der Waals surface area contributed by atoms with Crippen molar-refractivity contribution in [3.63, 3.8) is 0 Å². The summed E-state index contributed by atoms with van der Waals surface area (Å²) < 4.78 is 129. The summed E-state index contributed by atoms with van der Waals surface area (Å²) in [6.45, 7) is 0. The summed E-state index contributed by atoms with van der Waals surface area (Å²) in [4.78, 5) is 45.0. The zero-order valence-electron chi connectivity index (χ0n) is 21.7. The van der Waals surface area contributed by atoms with E-state index < -0.39 is 127 Å². The molecule has 238 valence electrons. The van der Waals surface area contributed by atoms with Crippen LogP contribution in [0.4, 0.5) is 35.1 Å². The SMILES string of the molecule is O=C(O)c1ccc(Oc2c(F)c(F)c(-c3c(F)c(F)c(Oc4ccc(C(=O)O)c(C(=O)O)c4)c(F)c3F)c(F)c2F)cc1C(=O)O. The molecule has 0 unspecified atom stereocenters. The molecule has 10 nitrogen and oxygen atoms in total. The summed E-state index contributed by atoms with van der Waals surface area (Å²) >= 11 is 0. The Morgan fingerprint density at radius 3 is 0.913 bits per heavy atom. The first-order valence-electron chi connectivity index (χ1n) is 11.8. The molecule has 0 radical (unpaired) electrons. The van der Waals surface area contributed by atoms with E-state index in [2.05, 4.69) is 9.47 Å². The third-order valence-electron chi connectivity index (χ3n) is 6.04. The van der Waals surface area contributed by atoms with Gasteiger partial charge in [-0.15, -0.1) is 0 Å². The third-order valence-corrected chi connectivity index (χ3v) is 6.04. The fraction of sp³-hybridized carbons (Fsp3) is 0. The first-order valence-corrected chi connectivity index (χ1v) is 11.8. The molecule has 4 aromatic carbocycles. The van der Waals surface area contributed by atoms with E-state index >= 15 is 17.6 Å². The van der Waals surface area contributed by atoms with Crippen LogP contribution < -0.4 is 9.47 Å². The average molecular weight is 658 g/mol. The van der Waals surface area contributed by atoms with Gasteiger partial charge in [0.25, 0.3) is 0 Å². The van der Waals surface area contributed by atoms with E-state index in [1.165, 1.54) is 0 Å². The van der Waals surface area contributed by atoms with E-state index in [-0.39, 0.29) is 0 Å². The highest BCUT2D eigenvalue weighted by Crippen LogP contribution is 2.43. The van der Waals surface area contributed by atoms with Gasteiger partial charge >= 0.3 is 23.9 Å². The van der Waals surface area contributed by atoms with Crippen LogP contribution in [0.5, 0.6) is 23.0 Å². The average Bonchev–Trinajstić information content (AvgIpc) is 3.00. The quantitative estimate of drug-likeness (QED) is 0.110. The van der Waals surface area contributed by atoms with E-state index in [1.807, 2.05) is 0 Å². The molecule has 0 aromatic heterocycles. The Morgan fingerprint density at radius 2 is 0.674 bits per heavy atom. The van der Waals surface area contributed by atoms with E-state index in [1.54, 1.807) is 0 Å². The molecule has 0 saturated heterocycles. The molecule has 46 heavy (non-hydrogen) atoms. The number of carbonyl (C=O) groups is 4. The van der Waals surface area contributed by atoms with Gasteiger partial charge in [-0.05, 0) is 36.4 Å². The minimum Gasteiger partial charge on any atom is -0.478 e. The van der Waals surface area contributed by atoms with Gasteiger partial charge in [-0.3, -0.25) is 0 Å². The van der Waals surface area contributed by atoms with E-state index in [0.717, 1.165) is 0 Å². The van der Waals surface area contributed by atoms with Crippen molar-refractivity contribution in [3.05, 3.63) is 105 Å². The second-order valence-corrected chi connectivity index (χ2v) is 8.76. The number of hydrogen-bond acceptors (Lipinski definition) is 6. The summed E-state index contributed by atoms with van der Waals surface area (Å²) in [5.41, 5.74) is -8.25. The predicted octanol–water partition coefficient (Wildman–Crippen LogP) is 6.84. The van der Waals surface area contributed by atoms with Gasteiger partial charge in [0, 0.05) is 0 Å². The van der Waals surface area contributed by atoms with Crippen molar-refractivity contribution < 1.29 is 84.2 Å². The van der Waals surface area contributed by atoms with E-state index in [0.29, 0.717) is 36.4 Å². The summed E-state index contributed by atoms with van der Waals surface area (Å²) in [5, 5.41) is 36.4. The van der Waals surface area contributed by atoms with Crippen LogP contribution in [0.15, 0.2) is 36.4 Å². The molecule has 0 aliphatic rings. The Labute approximate surface area is 247 Å². The fourth-order valence-corrected chi connectivity index (χ4v) is 3.98. The number of aromatic carboxylic acids is 4. The summed E-state index contributed by atoms with van der Waals surface area (Å²) in [5.74, 6) is -33.7. The summed E-state index contributed by atoms with van der Waals surface area (Å²) in [6.07, 6.45) is 0. The van der Waals surface area contributed by atoms with Gasteiger partial charge in [-0.25, -0.2) is 36.7 Å². The Bertz CT molecular complexity index is 1810. The Balaban J connectivity index is 1.83. The number of carboxylic acid groups (broad SMARTS) is 4. The molecule has 0 heterocycles. The molecular weight excluding hydrogens is 648 g/mol. The van der Waals surface area contributed by atoms with Crippen molar-refractivity contribution in [3.8, 4) is 34.1 Å². The lowest BCUT2D eigenvalue weighted by Crippen LogP contribution is -2.10. The normalized spacial score (nSPS) is 10.9. The molecule has 18 heteroatoms. The summed E-state index contributed by atoms with van der Waals surface area (Å²) in [7, 11) is 0. The lowest BCUT2D eigenvalue weighted by Gasteiger charge is -2.16. The number of hydrogen-bond donors (Lipinski definition) is 4. The largest absolute Gasteiger partial charge is 0.478 e. The Kier molecular flexibility index (Phi) is 8.58. The van der Waals surface area contributed by atoms with Gasteiger partial charge in [0.05, 0.1) is 33.4 Å². The predicted molar refractivity (Wildman–Crippen MR) is 132 cm³/mol. The maximum absolute atomic E-state index is 15.0. The second kappa shape index (κ2) is 12.1. The number of ether oxygens (including phenoxy) is 2. The van der Waals surface area contributed by atoms with Crippen molar-refractivity contribution >= 4 is 23.9 Å². The maximum atomic E-state index is 15.0. The molecule has 4 rings (SSSR count).